The van der Waals surface area contributed by atoms with Crippen molar-refractivity contribution in [2.75, 3.05) is 26.2 Å². The summed E-state index contributed by atoms with van der Waals surface area (Å²) < 4.78 is 12.2. The third kappa shape index (κ3) is 5.02. The molecule has 2 fully saturated rings. The molecule has 2 heterocycles. The zero-order valence-corrected chi connectivity index (χ0v) is 19.2. The normalized spacial score (nSPS) is 27.8. The van der Waals surface area contributed by atoms with Gasteiger partial charge in [-0.05, 0) is 58.3 Å². The third-order valence-corrected chi connectivity index (χ3v) is 10.8. The lowest BCUT2D eigenvalue weighted by Gasteiger charge is -2.42. The summed E-state index contributed by atoms with van der Waals surface area (Å²) in [5, 5.41) is 3.95. The molecule has 2 rings (SSSR count). The molecule has 26 heavy (non-hydrogen) atoms. The van der Waals surface area contributed by atoms with Crippen molar-refractivity contribution in [3.63, 3.8) is 0 Å². The van der Waals surface area contributed by atoms with Crippen LogP contribution in [0.15, 0.2) is 0 Å². The van der Waals surface area contributed by atoms with Gasteiger partial charge in [0.25, 0.3) is 0 Å². The third-order valence-electron chi connectivity index (χ3n) is 6.33. The summed E-state index contributed by atoms with van der Waals surface area (Å²) in [6.07, 6.45) is 3.34. The number of hydrogen-bond donors (Lipinski definition) is 1. The van der Waals surface area contributed by atoms with Crippen LogP contribution < -0.4 is 5.32 Å². The van der Waals surface area contributed by atoms with Crippen molar-refractivity contribution in [1.82, 2.24) is 10.2 Å². The van der Waals surface area contributed by atoms with E-state index in [1.165, 1.54) is 12.8 Å². The van der Waals surface area contributed by atoms with Gasteiger partial charge in [-0.1, -0.05) is 27.2 Å². The Balaban J connectivity index is 2.10. The van der Waals surface area contributed by atoms with Crippen LogP contribution in [0, 0.1) is 5.92 Å². The highest BCUT2D eigenvalue weighted by atomic mass is 28.4. The van der Waals surface area contributed by atoms with Crippen molar-refractivity contribution in [2.45, 2.75) is 90.1 Å². The van der Waals surface area contributed by atoms with Crippen LogP contribution in [-0.4, -0.2) is 56.7 Å². The number of likely N-dealkylation sites (tertiary alicyclic amines) is 1. The van der Waals surface area contributed by atoms with Crippen LogP contribution >= 0.6 is 0 Å². The van der Waals surface area contributed by atoms with E-state index >= 15 is 0 Å². The number of carbonyl (C=O) groups is 1. The van der Waals surface area contributed by atoms with Gasteiger partial charge in [0.15, 0.2) is 8.32 Å². The molecule has 0 aromatic carbocycles. The molecule has 0 aromatic rings. The van der Waals surface area contributed by atoms with Crippen LogP contribution in [0.1, 0.15) is 60.8 Å². The highest BCUT2D eigenvalue weighted by Gasteiger charge is 2.50. The summed E-state index contributed by atoms with van der Waals surface area (Å²) in [6, 6.07) is 0. The maximum atomic E-state index is 12.6. The van der Waals surface area contributed by atoms with E-state index in [1.54, 1.807) is 0 Å². The van der Waals surface area contributed by atoms with Gasteiger partial charge >= 0.3 is 6.09 Å². The molecule has 0 bridgehead atoms. The molecule has 0 aromatic heterocycles. The number of ether oxygens (including phenoxy) is 1. The second-order valence-electron chi connectivity index (χ2n) is 10.7. The zero-order valence-electron chi connectivity index (χ0n) is 18.2. The van der Waals surface area contributed by atoms with Gasteiger partial charge in [0.2, 0.25) is 0 Å². The second kappa shape index (κ2) is 7.44. The summed E-state index contributed by atoms with van der Waals surface area (Å²) in [4.78, 5) is 14.5. The summed E-state index contributed by atoms with van der Waals surface area (Å²) in [7, 11) is -1.80. The Kier molecular flexibility index (Phi) is 6.21. The lowest BCUT2D eigenvalue weighted by Crippen LogP contribution is -2.56. The van der Waals surface area contributed by atoms with E-state index in [4.69, 9.17) is 9.16 Å². The summed E-state index contributed by atoms with van der Waals surface area (Å²) in [6.45, 7) is 20.4. The maximum Gasteiger partial charge on any atom is 0.410 e. The Morgan fingerprint density at radius 3 is 2.35 bits per heavy atom. The van der Waals surface area contributed by atoms with Gasteiger partial charge in [-0.3, -0.25) is 0 Å². The average Bonchev–Trinajstić information content (AvgIpc) is 2.81. The molecule has 152 valence electrons. The summed E-state index contributed by atoms with van der Waals surface area (Å²) >= 11 is 0. The van der Waals surface area contributed by atoms with E-state index in [2.05, 4.69) is 39.2 Å². The summed E-state index contributed by atoms with van der Waals surface area (Å²) in [5.74, 6) is 0.324. The van der Waals surface area contributed by atoms with Gasteiger partial charge in [0, 0.05) is 31.2 Å². The molecule has 2 atom stereocenters. The number of piperidine rings is 1. The van der Waals surface area contributed by atoms with Crippen molar-refractivity contribution in [3.8, 4) is 0 Å². The Morgan fingerprint density at radius 2 is 1.85 bits per heavy atom. The first kappa shape index (κ1) is 21.7. The van der Waals surface area contributed by atoms with Crippen LogP contribution in [0.25, 0.3) is 0 Å². The van der Waals surface area contributed by atoms with E-state index in [0.29, 0.717) is 5.92 Å². The van der Waals surface area contributed by atoms with Crippen LogP contribution in [0.3, 0.4) is 0 Å². The molecular formula is C20H40N2O3Si. The first-order valence-corrected chi connectivity index (χ1v) is 13.0. The van der Waals surface area contributed by atoms with Crippen molar-refractivity contribution in [3.05, 3.63) is 0 Å². The minimum absolute atomic E-state index is 0.0164. The van der Waals surface area contributed by atoms with Gasteiger partial charge in [0.05, 0.1) is 0 Å². The zero-order chi connectivity index (χ0) is 19.8. The molecule has 2 aliphatic rings. The first-order valence-electron chi connectivity index (χ1n) is 10.1. The Bertz CT molecular complexity index is 502. The van der Waals surface area contributed by atoms with E-state index in [-0.39, 0.29) is 16.7 Å². The minimum atomic E-state index is -1.80. The maximum absolute atomic E-state index is 12.6. The Labute approximate surface area is 161 Å². The number of hydrogen-bond acceptors (Lipinski definition) is 4. The van der Waals surface area contributed by atoms with E-state index in [0.717, 1.165) is 32.7 Å². The quantitative estimate of drug-likeness (QED) is 0.733. The molecule has 1 amide bonds. The van der Waals surface area contributed by atoms with Crippen LogP contribution in [0.2, 0.25) is 18.1 Å². The number of nitrogens with one attached hydrogen (secondary N) is 1. The lowest BCUT2D eigenvalue weighted by atomic mass is 9.80. The van der Waals surface area contributed by atoms with Crippen LogP contribution in [-0.2, 0) is 9.16 Å². The largest absolute Gasteiger partial charge is 0.444 e. The summed E-state index contributed by atoms with van der Waals surface area (Å²) in [5.41, 5.74) is -0.475. The van der Waals surface area contributed by atoms with Crippen molar-refractivity contribution >= 4 is 14.4 Å². The highest BCUT2D eigenvalue weighted by Crippen LogP contribution is 2.40. The number of carbonyl (C=O) groups excluding carboxylic acids is 1. The molecule has 0 aliphatic carbocycles. The van der Waals surface area contributed by atoms with Crippen molar-refractivity contribution in [1.29, 1.82) is 0 Å². The fraction of sp³-hybridized carbons (Fsp3) is 0.950. The molecule has 6 heteroatoms. The standard InChI is InChI=1S/C20H40N2O3Si/c1-18(2,3)25-17(23)22-13-16(14-24-26(7,8)19(4,5)6)20(15-22)11-9-10-12-21-20/h16,21H,9-15H2,1-8H3/t16-,20-/m1/s1. The fourth-order valence-corrected chi connectivity index (χ4v) is 4.70. The first-order chi connectivity index (χ1) is 11.8. The van der Waals surface area contributed by atoms with Gasteiger partial charge in [-0.15, -0.1) is 0 Å². The molecule has 2 aliphatic heterocycles. The van der Waals surface area contributed by atoms with Gasteiger partial charge in [-0.25, -0.2) is 4.79 Å². The average molecular weight is 385 g/mol. The van der Waals surface area contributed by atoms with Crippen molar-refractivity contribution in [2.24, 2.45) is 5.92 Å². The molecule has 0 unspecified atom stereocenters. The topological polar surface area (TPSA) is 50.8 Å². The second-order valence-corrected chi connectivity index (χ2v) is 15.5. The SMILES string of the molecule is CC(C)(C)OC(=O)N1C[C@H](CO[Si](C)(C)C(C)(C)C)[C@@]2(CCCCN2)C1. The lowest BCUT2D eigenvalue weighted by molar-refractivity contribution is 0.0274. The smallest absolute Gasteiger partial charge is 0.410 e. The molecule has 0 radical (unpaired) electrons. The van der Waals surface area contributed by atoms with Gasteiger partial charge < -0.3 is 19.4 Å². The molecule has 1 spiro atoms. The number of rotatable bonds is 3. The van der Waals surface area contributed by atoms with Gasteiger partial charge in [-0.2, -0.15) is 0 Å². The Morgan fingerprint density at radius 1 is 1.19 bits per heavy atom. The molecule has 1 N–H and O–H groups in total. The van der Waals surface area contributed by atoms with E-state index < -0.39 is 13.9 Å². The van der Waals surface area contributed by atoms with E-state index in [1.807, 2.05) is 25.7 Å². The van der Waals surface area contributed by atoms with Crippen LogP contribution in [0.5, 0.6) is 0 Å². The monoisotopic (exact) mass is 384 g/mol. The number of amides is 1. The number of nitrogens with zero attached hydrogens (tertiary/aromatic N) is 1. The Hall–Kier alpha value is -0.593. The van der Waals surface area contributed by atoms with Gasteiger partial charge in [0.1, 0.15) is 5.60 Å². The van der Waals surface area contributed by atoms with Crippen molar-refractivity contribution < 1.29 is 14.0 Å². The predicted octanol–water partition coefficient (Wildman–Crippen LogP) is 4.39. The molecule has 2 saturated heterocycles. The predicted molar refractivity (Wildman–Crippen MR) is 109 cm³/mol. The van der Waals surface area contributed by atoms with Crippen LogP contribution in [0.4, 0.5) is 4.79 Å². The highest BCUT2D eigenvalue weighted by molar-refractivity contribution is 6.74. The van der Waals surface area contributed by atoms with E-state index in [9.17, 15) is 4.79 Å². The fourth-order valence-electron chi connectivity index (χ4n) is 3.65. The minimum Gasteiger partial charge on any atom is -0.444 e. The molecule has 0 saturated carbocycles. The molecular weight excluding hydrogens is 344 g/mol. The molecule has 5 nitrogen and oxygen atoms in total.